The van der Waals surface area contributed by atoms with E-state index in [-0.39, 0.29) is 5.91 Å². The highest BCUT2D eigenvalue weighted by Crippen LogP contribution is 2.29. The predicted molar refractivity (Wildman–Crippen MR) is 85.4 cm³/mol. The van der Waals surface area contributed by atoms with E-state index < -0.39 is 0 Å². The smallest absolute Gasteiger partial charge is 0.272 e. The minimum Gasteiger partial charge on any atom is -0.357 e. The van der Waals surface area contributed by atoms with Gasteiger partial charge in [0.15, 0.2) is 0 Å². The number of carbonyl (C=O) groups is 1. The Labute approximate surface area is 123 Å². The Morgan fingerprint density at radius 2 is 1.81 bits per heavy atom. The molecule has 3 heteroatoms. The zero-order chi connectivity index (χ0) is 14.7. The largest absolute Gasteiger partial charge is 0.357 e. The number of amides is 1. The molecule has 0 radical (unpaired) electrons. The summed E-state index contributed by atoms with van der Waals surface area (Å²) in [5.74, 6) is -0.138. The molecular formula is C18H16N2O. The van der Waals surface area contributed by atoms with Gasteiger partial charge in [-0.05, 0) is 36.8 Å². The van der Waals surface area contributed by atoms with Gasteiger partial charge in [0, 0.05) is 17.4 Å². The molecule has 0 atom stereocenters. The van der Waals surface area contributed by atoms with Crippen LogP contribution in [0.2, 0.25) is 0 Å². The Morgan fingerprint density at radius 1 is 1.00 bits per heavy atom. The van der Waals surface area contributed by atoms with Gasteiger partial charge in [-0.2, -0.15) is 0 Å². The van der Waals surface area contributed by atoms with Crippen LogP contribution in [0, 0.1) is 6.92 Å². The van der Waals surface area contributed by atoms with Crippen LogP contribution in [0.1, 0.15) is 16.1 Å². The van der Waals surface area contributed by atoms with Gasteiger partial charge in [-0.3, -0.25) is 4.79 Å². The minimum absolute atomic E-state index is 0.138. The van der Waals surface area contributed by atoms with Crippen molar-refractivity contribution < 1.29 is 4.79 Å². The molecule has 1 heterocycles. The standard InChI is InChI=1S/C18H16N2O/c1-13-9-10-16(20-18(21)17-8-5-11-19-17)15(12-13)14-6-3-2-4-7-14/h2-12,19H,1H3,(H,20,21). The Hall–Kier alpha value is -2.81. The van der Waals surface area contributed by atoms with E-state index >= 15 is 0 Å². The Kier molecular flexibility index (Phi) is 3.56. The molecule has 0 aliphatic rings. The zero-order valence-electron chi connectivity index (χ0n) is 11.8. The van der Waals surface area contributed by atoms with Gasteiger partial charge in [0.05, 0.1) is 0 Å². The van der Waals surface area contributed by atoms with Crippen LogP contribution in [0.25, 0.3) is 11.1 Å². The topological polar surface area (TPSA) is 44.9 Å². The number of nitrogens with one attached hydrogen (secondary N) is 2. The lowest BCUT2D eigenvalue weighted by Crippen LogP contribution is -2.13. The average molecular weight is 276 g/mol. The van der Waals surface area contributed by atoms with Crippen LogP contribution in [0.4, 0.5) is 5.69 Å². The van der Waals surface area contributed by atoms with Crippen LogP contribution in [0.15, 0.2) is 66.9 Å². The molecule has 0 bridgehead atoms. The number of aromatic nitrogens is 1. The summed E-state index contributed by atoms with van der Waals surface area (Å²) in [5.41, 5.74) is 4.63. The van der Waals surface area contributed by atoms with Crippen molar-refractivity contribution >= 4 is 11.6 Å². The molecule has 0 spiro atoms. The van der Waals surface area contributed by atoms with Gasteiger partial charge in [-0.1, -0.05) is 42.0 Å². The van der Waals surface area contributed by atoms with Crippen molar-refractivity contribution in [2.45, 2.75) is 6.92 Å². The summed E-state index contributed by atoms with van der Waals surface area (Å²) in [6.07, 6.45) is 1.74. The lowest BCUT2D eigenvalue weighted by Gasteiger charge is -2.12. The normalized spacial score (nSPS) is 10.3. The molecule has 3 nitrogen and oxygen atoms in total. The third-order valence-electron chi connectivity index (χ3n) is 3.35. The first-order chi connectivity index (χ1) is 10.2. The molecule has 0 saturated carbocycles. The van der Waals surface area contributed by atoms with Gasteiger partial charge >= 0.3 is 0 Å². The average Bonchev–Trinajstić information content (AvgIpc) is 3.04. The van der Waals surface area contributed by atoms with Crippen molar-refractivity contribution in [1.82, 2.24) is 4.98 Å². The number of hydrogen-bond acceptors (Lipinski definition) is 1. The highest BCUT2D eigenvalue weighted by Gasteiger charge is 2.11. The summed E-state index contributed by atoms with van der Waals surface area (Å²) in [5, 5.41) is 2.97. The number of aromatic amines is 1. The fourth-order valence-electron chi connectivity index (χ4n) is 2.28. The number of benzene rings is 2. The molecule has 2 aromatic carbocycles. The monoisotopic (exact) mass is 276 g/mol. The maximum absolute atomic E-state index is 12.2. The predicted octanol–water partition coefficient (Wildman–Crippen LogP) is 4.24. The van der Waals surface area contributed by atoms with E-state index in [0.717, 1.165) is 22.4 Å². The molecular weight excluding hydrogens is 260 g/mol. The number of rotatable bonds is 3. The Bertz CT molecular complexity index is 746. The highest BCUT2D eigenvalue weighted by atomic mass is 16.1. The van der Waals surface area contributed by atoms with E-state index in [1.54, 1.807) is 12.3 Å². The molecule has 2 N–H and O–H groups in total. The molecule has 21 heavy (non-hydrogen) atoms. The number of hydrogen-bond donors (Lipinski definition) is 2. The molecule has 0 aliphatic heterocycles. The van der Waals surface area contributed by atoms with Crippen LogP contribution in [-0.4, -0.2) is 10.9 Å². The first-order valence-corrected chi connectivity index (χ1v) is 6.85. The van der Waals surface area contributed by atoms with Gasteiger partial charge in [-0.25, -0.2) is 0 Å². The SMILES string of the molecule is Cc1ccc(NC(=O)c2ccc[nH]2)c(-c2ccccc2)c1. The van der Waals surface area contributed by atoms with Crippen molar-refractivity contribution in [3.05, 3.63) is 78.1 Å². The van der Waals surface area contributed by atoms with Crippen LogP contribution >= 0.6 is 0 Å². The summed E-state index contributed by atoms with van der Waals surface area (Å²) in [7, 11) is 0. The van der Waals surface area contributed by atoms with E-state index in [9.17, 15) is 4.79 Å². The molecule has 104 valence electrons. The van der Waals surface area contributed by atoms with E-state index in [1.807, 2.05) is 55.5 Å². The number of H-pyrrole nitrogens is 1. The summed E-state index contributed by atoms with van der Waals surface area (Å²) in [4.78, 5) is 15.1. The maximum atomic E-state index is 12.2. The highest BCUT2D eigenvalue weighted by molar-refractivity contribution is 6.05. The van der Waals surface area contributed by atoms with Crippen molar-refractivity contribution in [2.75, 3.05) is 5.32 Å². The molecule has 0 fully saturated rings. The second kappa shape index (κ2) is 5.67. The van der Waals surface area contributed by atoms with Crippen LogP contribution in [0.3, 0.4) is 0 Å². The van der Waals surface area contributed by atoms with Crippen molar-refractivity contribution in [1.29, 1.82) is 0 Å². The first-order valence-electron chi connectivity index (χ1n) is 6.85. The molecule has 1 amide bonds. The third-order valence-corrected chi connectivity index (χ3v) is 3.35. The summed E-state index contributed by atoms with van der Waals surface area (Å²) >= 11 is 0. The molecule has 3 rings (SSSR count). The second-order valence-electron chi connectivity index (χ2n) is 4.95. The van der Waals surface area contributed by atoms with Gasteiger partial charge in [0.2, 0.25) is 0 Å². The Balaban J connectivity index is 1.97. The van der Waals surface area contributed by atoms with E-state index in [0.29, 0.717) is 5.69 Å². The minimum atomic E-state index is -0.138. The Morgan fingerprint density at radius 3 is 2.52 bits per heavy atom. The maximum Gasteiger partial charge on any atom is 0.272 e. The molecule has 0 unspecified atom stereocenters. The van der Waals surface area contributed by atoms with E-state index in [2.05, 4.69) is 16.4 Å². The second-order valence-corrected chi connectivity index (χ2v) is 4.95. The quantitative estimate of drug-likeness (QED) is 0.738. The lowest BCUT2D eigenvalue weighted by molar-refractivity contribution is 0.102. The summed E-state index contributed by atoms with van der Waals surface area (Å²) < 4.78 is 0. The summed E-state index contributed by atoms with van der Waals surface area (Å²) in [6.45, 7) is 2.04. The summed E-state index contributed by atoms with van der Waals surface area (Å²) in [6, 6.07) is 19.6. The fraction of sp³-hybridized carbons (Fsp3) is 0.0556. The number of anilines is 1. The van der Waals surface area contributed by atoms with Gasteiger partial charge in [-0.15, -0.1) is 0 Å². The van der Waals surface area contributed by atoms with Crippen LogP contribution in [0.5, 0.6) is 0 Å². The van der Waals surface area contributed by atoms with E-state index in [1.165, 1.54) is 0 Å². The fourth-order valence-corrected chi connectivity index (χ4v) is 2.28. The van der Waals surface area contributed by atoms with Crippen molar-refractivity contribution in [2.24, 2.45) is 0 Å². The van der Waals surface area contributed by atoms with Crippen molar-refractivity contribution in [3.63, 3.8) is 0 Å². The number of carbonyl (C=O) groups excluding carboxylic acids is 1. The molecule has 0 saturated heterocycles. The molecule has 3 aromatic rings. The zero-order valence-corrected chi connectivity index (χ0v) is 11.8. The van der Waals surface area contributed by atoms with Gasteiger partial charge < -0.3 is 10.3 Å². The van der Waals surface area contributed by atoms with E-state index in [4.69, 9.17) is 0 Å². The van der Waals surface area contributed by atoms with Crippen molar-refractivity contribution in [3.8, 4) is 11.1 Å². The molecule has 0 aliphatic carbocycles. The number of aryl methyl sites for hydroxylation is 1. The van der Waals surface area contributed by atoms with Gasteiger partial charge in [0.25, 0.3) is 5.91 Å². The lowest BCUT2D eigenvalue weighted by atomic mass is 10.0. The van der Waals surface area contributed by atoms with Gasteiger partial charge in [0.1, 0.15) is 5.69 Å². The van der Waals surface area contributed by atoms with Crippen LogP contribution < -0.4 is 5.32 Å². The molecule has 1 aromatic heterocycles. The van der Waals surface area contributed by atoms with Crippen LogP contribution in [-0.2, 0) is 0 Å². The third kappa shape index (κ3) is 2.87. The first kappa shape index (κ1) is 13.2.